The Morgan fingerprint density at radius 1 is 1.00 bits per heavy atom. The number of ether oxygens (including phenoxy) is 1. The Balaban J connectivity index is 1.46. The number of nitrogens with one attached hydrogen (secondary N) is 2. The van der Waals surface area contributed by atoms with Crippen LogP contribution in [0.3, 0.4) is 0 Å². The summed E-state index contributed by atoms with van der Waals surface area (Å²) in [6.07, 6.45) is 10.9. The molecule has 2 aliphatic carbocycles. The number of hydrogen-bond acceptors (Lipinski definition) is 8. The van der Waals surface area contributed by atoms with Crippen LogP contribution in [0.5, 0.6) is 0 Å². The van der Waals surface area contributed by atoms with E-state index in [1.807, 2.05) is 0 Å². The van der Waals surface area contributed by atoms with Crippen molar-refractivity contribution in [1.82, 2.24) is 29.7 Å². The summed E-state index contributed by atoms with van der Waals surface area (Å²) < 4.78 is 12.9. The molecule has 0 radical (unpaired) electrons. The van der Waals surface area contributed by atoms with Gasteiger partial charge in [0.25, 0.3) is 0 Å². The van der Waals surface area contributed by atoms with Crippen molar-refractivity contribution in [3.63, 3.8) is 0 Å². The lowest BCUT2D eigenvalue weighted by Gasteiger charge is -2.33. The van der Waals surface area contributed by atoms with E-state index in [4.69, 9.17) is 24.2 Å². The average molecular weight is 524 g/mol. The van der Waals surface area contributed by atoms with Gasteiger partial charge >= 0.3 is 5.76 Å². The van der Waals surface area contributed by atoms with E-state index in [1.165, 1.54) is 44.9 Å². The number of rotatable bonds is 8. The molecule has 10 nitrogen and oxygen atoms in total. The molecule has 38 heavy (non-hydrogen) atoms. The van der Waals surface area contributed by atoms with Gasteiger partial charge in [-0.3, -0.25) is 9.51 Å². The van der Waals surface area contributed by atoms with Gasteiger partial charge in [0.15, 0.2) is 11.5 Å². The molecule has 0 amide bonds. The van der Waals surface area contributed by atoms with Crippen LogP contribution < -0.4 is 11.1 Å². The number of aromatic amines is 1. The van der Waals surface area contributed by atoms with Crippen LogP contribution in [-0.4, -0.2) is 48.9 Å². The van der Waals surface area contributed by atoms with Crippen LogP contribution in [0.25, 0.3) is 22.8 Å². The summed E-state index contributed by atoms with van der Waals surface area (Å²) >= 11 is 0. The van der Waals surface area contributed by atoms with Gasteiger partial charge < -0.3 is 14.6 Å². The highest BCUT2D eigenvalue weighted by atomic mass is 16.5. The van der Waals surface area contributed by atoms with Crippen molar-refractivity contribution in [1.29, 1.82) is 0 Å². The maximum Gasteiger partial charge on any atom is 0.439 e. The van der Waals surface area contributed by atoms with Gasteiger partial charge in [-0.05, 0) is 69.1 Å². The number of aromatic nitrogens is 6. The highest BCUT2D eigenvalue weighted by molar-refractivity contribution is 5.85. The Hall–Kier alpha value is -2.75. The minimum absolute atomic E-state index is 0.228. The summed E-state index contributed by atoms with van der Waals surface area (Å²) in [5, 5.41) is 7.61. The van der Waals surface area contributed by atoms with E-state index in [9.17, 15) is 4.79 Å². The molecule has 0 aromatic carbocycles. The first-order chi connectivity index (χ1) is 18.5. The molecule has 1 aliphatic heterocycles. The third-order valence-electron chi connectivity index (χ3n) is 9.46. The average Bonchev–Trinajstić information content (AvgIpc) is 3.48. The first-order valence-corrected chi connectivity index (χ1v) is 14.6. The van der Waals surface area contributed by atoms with Crippen LogP contribution in [0.4, 0.5) is 5.82 Å². The molecular weight excluding hydrogens is 482 g/mol. The van der Waals surface area contributed by atoms with Crippen molar-refractivity contribution >= 4 is 17.0 Å². The van der Waals surface area contributed by atoms with E-state index < -0.39 is 5.76 Å². The Labute approximate surface area is 223 Å². The smallest absolute Gasteiger partial charge is 0.381 e. The maximum atomic E-state index is 11.7. The van der Waals surface area contributed by atoms with E-state index in [-0.39, 0.29) is 17.8 Å². The zero-order chi connectivity index (χ0) is 26.2. The lowest BCUT2D eigenvalue weighted by molar-refractivity contribution is 0.0583. The number of imidazole rings is 1. The normalized spacial score (nSPS) is 24.8. The molecule has 6 rings (SSSR count). The van der Waals surface area contributed by atoms with Crippen LogP contribution in [0.1, 0.15) is 90.3 Å². The first-order valence-electron chi connectivity index (χ1n) is 14.6. The van der Waals surface area contributed by atoms with E-state index >= 15 is 0 Å². The van der Waals surface area contributed by atoms with Crippen LogP contribution in [0.15, 0.2) is 9.32 Å². The standard InChI is InChI=1S/C28H41N7O3/c1-16-7-9-19(10-8-16)15-35-22-23(29-18(3)21-5-4-6-21)30-25(26-33-28(36)38-34-26)31-24(22)32-27(35)17(2)20-11-13-37-14-12-20/h16-21H,4-15H2,1-3H3,(H,29,30,31)(H,33,34,36)/t16?,17?,18-,19?/m1/s1. The molecule has 0 spiro atoms. The SMILES string of the molecule is CC1CCC(Cn2c(C(C)C3CCOCC3)nc3nc(-c4noc(=O)[nH]4)nc(N[C@H](C)C4CCC4)c32)CC1. The molecule has 0 bridgehead atoms. The predicted molar refractivity (Wildman–Crippen MR) is 145 cm³/mol. The van der Waals surface area contributed by atoms with Crippen molar-refractivity contribution in [2.75, 3.05) is 18.5 Å². The van der Waals surface area contributed by atoms with E-state index in [1.54, 1.807) is 0 Å². The van der Waals surface area contributed by atoms with Crippen molar-refractivity contribution in [3.8, 4) is 11.6 Å². The topological polar surface area (TPSA) is 124 Å². The molecule has 3 fully saturated rings. The largest absolute Gasteiger partial charge is 0.439 e. The lowest BCUT2D eigenvalue weighted by atomic mass is 9.80. The maximum absolute atomic E-state index is 11.7. The minimum Gasteiger partial charge on any atom is -0.381 e. The summed E-state index contributed by atoms with van der Waals surface area (Å²) in [6, 6.07) is 0.279. The molecule has 3 aromatic rings. The highest BCUT2D eigenvalue weighted by Gasteiger charge is 2.32. The van der Waals surface area contributed by atoms with Gasteiger partial charge in [0.1, 0.15) is 11.3 Å². The monoisotopic (exact) mass is 523 g/mol. The number of fused-ring (bicyclic) bond motifs is 1. The minimum atomic E-state index is -0.619. The van der Waals surface area contributed by atoms with Gasteiger partial charge in [-0.1, -0.05) is 38.3 Å². The van der Waals surface area contributed by atoms with Crippen LogP contribution in [0, 0.1) is 23.7 Å². The highest BCUT2D eigenvalue weighted by Crippen LogP contribution is 2.38. The van der Waals surface area contributed by atoms with E-state index in [2.05, 4.69) is 40.8 Å². The molecule has 3 aliphatic rings. The zero-order valence-corrected chi connectivity index (χ0v) is 22.9. The van der Waals surface area contributed by atoms with Crippen molar-refractivity contribution < 1.29 is 9.26 Å². The Morgan fingerprint density at radius 3 is 2.42 bits per heavy atom. The lowest BCUT2D eigenvalue weighted by Crippen LogP contribution is -2.31. The first kappa shape index (κ1) is 25.5. The summed E-state index contributed by atoms with van der Waals surface area (Å²) in [6.45, 7) is 9.47. The fourth-order valence-corrected chi connectivity index (χ4v) is 6.59. The van der Waals surface area contributed by atoms with Crippen molar-refractivity contribution in [2.45, 2.75) is 97.1 Å². The summed E-state index contributed by atoms with van der Waals surface area (Å²) in [4.78, 5) is 29.2. The molecule has 4 heterocycles. The van der Waals surface area contributed by atoms with Crippen LogP contribution >= 0.6 is 0 Å². The third kappa shape index (κ3) is 5.11. The van der Waals surface area contributed by atoms with E-state index in [0.29, 0.717) is 29.2 Å². The number of anilines is 1. The van der Waals surface area contributed by atoms with Crippen LogP contribution in [-0.2, 0) is 11.3 Å². The van der Waals surface area contributed by atoms with Gasteiger partial charge in [0.2, 0.25) is 11.6 Å². The molecule has 1 unspecified atom stereocenters. The molecule has 3 aromatic heterocycles. The van der Waals surface area contributed by atoms with Gasteiger partial charge in [-0.25, -0.2) is 19.7 Å². The summed E-state index contributed by atoms with van der Waals surface area (Å²) in [5.74, 6) is 4.66. The molecule has 1 saturated heterocycles. The fourth-order valence-electron chi connectivity index (χ4n) is 6.59. The molecule has 2 atom stereocenters. The van der Waals surface area contributed by atoms with Gasteiger partial charge in [-0.2, -0.15) is 0 Å². The molecule has 206 valence electrons. The second-order valence-electron chi connectivity index (χ2n) is 12.1. The Morgan fingerprint density at radius 2 is 1.76 bits per heavy atom. The van der Waals surface area contributed by atoms with Gasteiger partial charge in [0.05, 0.1) is 0 Å². The number of nitrogens with zero attached hydrogens (tertiary/aromatic N) is 5. The molecular formula is C28H41N7O3. The van der Waals surface area contributed by atoms with Gasteiger partial charge in [0, 0.05) is 31.7 Å². The Bertz CT molecular complexity index is 1300. The van der Waals surface area contributed by atoms with Crippen molar-refractivity contribution in [3.05, 3.63) is 16.4 Å². The summed E-state index contributed by atoms with van der Waals surface area (Å²) in [5.41, 5.74) is 1.62. The number of H-pyrrole nitrogens is 1. The quantitative estimate of drug-likeness (QED) is 0.417. The second kappa shape index (κ2) is 10.8. The van der Waals surface area contributed by atoms with Crippen LogP contribution in [0.2, 0.25) is 0 Å². The third-order valence-corrected chi connectivity index (χ3v) is 9.46. The second-order valence-corrected chi connectivity index (χ2v) is 12.1. The fraction of sp³-hybridized carbons (Fsp3) is 0.750. The van der Waals surface area contributed by atoms with E-state index in [0.717, 1.165) is 55.7 Å². The molecule has 2 N–H and O–H groups in total. The number of hydrogen-bond donors (Lipinski definition) is 2. The summed E-state index contributed by atoms with van der Waals surface area (Å²) in [7, 11) is 0. The Kier molecular flexibility index (Phi) is 7.24. The molecule has 2 saturated carbocycles. The predicted octanol–water partition coefficient (Wildman–Crippen LogP) is 5.13. The zero-order valence-electron chi connectivity index (χ0n) is 22.9. The van der Waals surface area contributed by atoms with Gasteiger partial charge in [-0.15, -0.1) is 0 Å². The van der Waals surface area contributed by atoms with Crippen molar-refractivity contribution in [2.24, 2.45) is 23.7 Å². The molecule has 10 heteroatoms.